The number of aromatic nitrogens is 2. The molecule has 0 aliphatic heterocycles. The molecule has 0 amide bonds. The van der Waals surface area contributed by atoms with Gasteiger partial charge in [0.2, 0.25) is 5.89 Å². The molecule has 0 aliphatic rings. The minimum atomic E-state index is 0. The molecule has 122 valence electrons. The summed E-state index contributed by atoms with van der Waals surface area (Å²) in [6.07, 6.45) is 0.772. The maximum Gasteiger partial charge on any atom is 0.237 e. The second kappa shape index (κ2) is 9.71. The Bertz CT molecular complexity index is 548. The summed E-state index contributed by atoms with van der Waals surface area (Å²) in [5.74, 6) is 2.98. The van der Waals surface area contributed by atoms with Crippen LogP contribution >= 0.6 is 24.2 Å². The lowest BCUT2D eigenvalue weighted by atomic mass is 10.2. The summed E-state index contributed by atoms with van der Waals surface area (Å²) in [5.41, 5.74) is 0. The van der Waals surface area contributed by atoms with E-state index in [-0.39, 0.29) is 12.4 Å². The van der Waals surface area contributed by atoms with Crippen molar-refractivity contribution < 1.29 is 9.26 Å². The molecule has 2 aromatic rings. The van der Waals surface area contributed by atoms with Gasteiger partial charge in [0.05, 0.1) is 12.4 Å². The molecular weight excluding hydrogens is 322 g/mol. The van der Waals surface area contributed by atoms with Crippen LogP contribution in [0, 0.1) is 0 Å². The van der Waals surface area contributed by atoms with Gasteiger partial charge in [-0.2, -0.15) is 4.98 Å². The smallest absolute Gasteiger partial charge is 0.237 e. The van der Waals surface area contributed by atoms with Crippen molar-refractivity contribution in [2.24, 2.45) is 0 Å². The summed E-state index contributed by atoms with van der Waals surface area (Å²) in [5, 5.41) is 7.15. The van der Waals surface area contributed by atoms with E-state index in [0.717, 1.165) is 22.9 Å². The number of thioether (sulfide) groups is 1. The van der Waals surface area contributed by atoms with Crippen LogP contribution in [-0.4, -0.2) is 29.8 Å². The highest BCUT2D eigenvalue weighted by Gasteiger charge is 2.09. The summed E-state index contributed by atoms with van der Waals surface area (Å²) in [7, 11) is 1.92. The molecule has 1 aromatic carbocycles. The predicted octanol–water partition coefficient (Wildman–Crippen LogP) is 3.33. The molecule has 1 atom stereocenters. The SMILES string of the molecule is CCOc1ccc(SCc2nc(CC(C)NC)no2)cc1.Cl. The average Bonchev–Trinajstić information content (AvgIpc) is 2.94. The fraction of sp³-hybridized carbons (Fsp3) is 0.467. The molecule has 0 saturated carbocycles. The Kier molecular flexibility index (Phi) is 8.30. The molecule has 1 N–H and O–H groups in total. The van der Waals surface area contributed by atoms with Gasteiger partial charge in [-0.1, -0.05) is 5.16 Å². The van der Waals surface area contributed by atoms with Crippen LogP contribution in [-0.2, 0) is 12.2 Å². The molecule has 0 aliphatic carbocycles. The number of hydrogen-bond acceptors (Lipinski definition) is 6. The molecule has 1 aromatic heterocycles. The van der Waals surface area contributed by atoms with Crippen molar-refractivity contribution in [3.05, 3.63) is 36.0 Å². The van der Waals surface area contributed by atoms with Crippen LogP contribution in [0.2, 0.25) is 0 Å². The predicted molar refractivity (Wildman–Crippen MR) is 90.9 cm³/mol. The Morgan fingerprint density at radius 2 is 2.05 bits per heavy atom. The maximum atomic E-state index is 5.42. The van der Waals surface area contributed by atoms with Gasteiger partial charge in [-0.25, -0.2) is 0 Å². The lowest BCUT2D eigenvalue weighted by Crippen LogP contribution is -2.24. The molecule has 0 radical (unpaired) electrons. The first-order valence-electron chi connectivity index (χ1n) is 7.05. The minimum Gasteiger partial charge on any atom is -0.494 e. The van der Waals surface area contributed by atoms with Crippen LogP contribution in [0.15, 0.2) is 33.7 Å². The summed E-state index contributed by atoms with van der Waals surface area (Å²) >= 11 is 1.67. The maximum absolute atomic E-state index is 5.42. The first kappa shape index (κ1) is 18.8. The molecule has 22 heavy (non-hydrogen) atoms. The molecule has 1 unspecified atom stereocenters. The lowest BCUT2D eigenvalue weighted by Gasteiger charge is -2.04. The van der Waals surface area contributed by atoms with E-state index >= 15 is 0 Å². The average molecular weight is 344 g/mol. The second-order valence-electron chi connectivity index (χ2n) is 4.69. The molecule has 0 spiro atoms. The van der Waals surface area contributed by atoms with Crippen LogP contribution in [0.5, 0.6) is 5.75 Å². The van der Waals surface area contributed by atoms with Crippen molar-refractivity contribution in [1.82, 2.24) is 15.5 Å². The summed E-state index contributed by atoms with van der Waals surface area (Å²) in [6.45, 7) is 4.75. The third-order valence-electron chi connectivity index (χ3n) is 2.99. The van der Waals surface area contributed by atoms with Crippen LogP contribution in [0.3, 0.4) is 0 Å². The zero-order chi connectivity index (χ0) is 15.1. The minimum absolute atomic E-state index is 0. The highest BCUT2D eigenvalue weighted by Crippen LogP contribution is 2.24. The van der Waals surface area contributed by atoms with Crippen molar-refractivity contribution >= 4 is 24.2 Å². The highest BCUT2D eigenvalue weighted by atomic mass is 35.5. The summed E-state index contributed by atoms with van der Waals surface area (Å²) < 4.78 is 10.7. The normalized spacial score (nSPS) is 11.8. The van der Waals surface area contributed by atoms with Crippen LogP contribution < -0.4 is 10.1 Å². The van der Waals surface area contributed by atoms with Gasteiger partial charge < -0.3 is 14.6 Å². The van der Waals surface area contributed by atoms with E-state index in [0.29, 0.717) is 24.3 Å². The Balaban J connectivity index is 0.00000242. The number of halogens is 1. The quantitative estimate of drug-likeness (QED) is 0.742. The van der Waals surface area contributed by atoms with Crippen molar-refractivity contribution in [3.63, 3.8) is 0 Å². The van der Waals surface area contributed by atoms with Gasteiger partial charge in [-0.15, -0.1) is 24.2 Å². The van der Waals surface area contributed by atoms with Crippen molar-refractivity contribution in [3.8, 4) is 5.75 Å². The van der Waals surface area contributed by atoms with Gasteiger partial charge in [-0.05, 0) is 45.2 Å². The Labute approximate surface area is 141 Å². The van der Waals surface area contributed by atoms with Gasteiger partial charge in [0.25, 0.3) is 0 Å². The molecule has 0 bridgehead atoms. The topological polar surface area (TPSA) is 60.2 Å². The molecule has 2 rings (SSSR count). The first-order chi connectivity index (χ1) is 10.2. The van der Waals surface area contributed by atoms with E-state index in [4.69, 9.17) is 9.26 Å². The van der Waals surface area contributed by atoms with Crippen LogP contribution in [0.4, 0.5) is 0 Å². The summed E-state index contributed by atoms with van der Waals surface area (Å²) in [4.78, 5) is 5.55. The molecule has 0 saturated heterocycles. The van der Waals surface area contributed by atoms with Gasteiger partial charge in [-0.3, -0.25) is 0 Å². The lowest BCUT2D eigenvalue weighted by molar-refractivity contribution is 0.340. The number of nitrogens with zero attached hydrogens (tertiary/aromatic N) is 2. The Morgan fingerprint density at radius 1 is 1.32 bits per heavy atom. The number of ether oxygens (including phenoxy) is 1. The van der Waals surface area contributed by atoms with E-state index < -0.39 is 0 Å². The number of hydrogen-bond donors (Lipinski definition) is 1. The Hall–Kier alpha value is -1.24. The number of likely N-dealkylation sites (N-methyl/N-ethyl adjacent to an activating group) is 1. The number of nitrogens with one attached hydrogen (secondary N) is 1. The molecule has 1 heterocycles. The fourth-order valence-electron chi connectivity index (χ4n) is 1.75. The first-order valence-corrected chi connectivity index (χ1v) is 8.04. The van der Waals surface area contributed by atoms with E-state index in [2.05, 4.69) is 22.4 Å². The van der Waals surface area contributed by atoms with Crippen LogP contribution in [0.25, 0.3) is 0 Å². The van der Waals surface area contributed by atoms with E-state index in [1.807, 2.05) is 38.2 Å². The largest absolute Gasteiger partial charge is 0.494 e. The van der Waals surface area contributed by atoms with Crippen molar-refractivity contribution in [2.75, 3.05) is 13.7 Å². The van der Waals surface area contributed by atoms with Gasteiger partial charge in [0.1, 0.15) is 5.75 Å². The third kappa shape index (κ3) is 5.87. The van der Waals surface area contributed by atoms with E-state index in [1.165, 1.54) is 0 Å². The van der Waals surface area contributed by atoms with E-state index in [9.17, 15) is 0 Å². The fourth-order valence-corrected chi connectivity index (χ4v) is 2.49. The van der Waals surface area contributed by atoms with Gasteiger partial charge in [0.15, 0.2) is 5.82 Å². The second-order valence-corrected chi connectivity index (χ2v) is 5.74. The molecule has 5 nitrogen and oxygen atoms in total. The van der Waals surface area contributed by atoms with Crippen LogP contribution in [0.1, 0.15) is 25.6 Å². The van der Waals surface area contributed by atoms with Gasteiger partial charge in [0, 0.05) is 17.4 Å². The highest BCUT2D eigenvalue weighted by molar-refractivity contribution is 7.98. The molecule has 7 heteroatoms. The van der Waals surface area contributed by atoms with Crippen molar-refractivity contribution in [2.45, 2.75) is 37.0 Å². The molecule has 0 fully saturated rings. The third-order valence-corrected chi connectivity index (χ3v) is 3.99. The molecular formula is C15H22ClN3O2S. The standard InChI is InChI=1S/C15H21N3O2S.ClH/c1-4-19-12-5-7-13(8-6-12)21-10-15-17-14(18-20-15)9-11(2)16-3;/h5-8,11,16H,4,9-10H2,1-3H3;1H. The monoisotopic (exact) mass is 343 g/mol. The van der Waals surface area contributed by atoms with Crippen molar-refractivity contribution in [1.29, 1.82) is 0 Å². The Morgan fingerprint density at radius 3 is 2.68 bits per heavy atom. The van der Waals surface area contributed by atoms with E-state index in [1.54, 1.807) is 11.8 Å². The number of benzene rings is 1. The zero-order valence-electron chi connectivity index (χ0n) is 13.0. The summed E-state index contributed by atoms with van der Waals surface area (Å²) in [6, 6.07) is 8.36. The number of rotatable bonds is 8. The van der Waals surface area contributed by atoms with Gasteiger partial charge >= 0.3 is 0 Å². The zero-order valence-corrected chi connectivity index (χ0v) is 14.7.